The number of aryl methyl sites for hydroxylation is 2. The zero-order valence-corrected chi connectivity index (χ0v) is 17.1. The molecule has 0 aliphatic rings. The molecule has 0 heterocycles. The van der Waals surface area contributed by atoms with E-state index in [0.717, 1.165) is 11.1 Å². The second kappa shape index (κ2) is 8.99. The van der Waals surface area contributed by atoms with Crippen LogP contribution in [0.25, 0.3) is 0 Å². The zero-order valence-electron chi connectivity index (χ0n) is 16.3. The van der Waals surface area contributed by atoms with Gasteiger partial charge in [-0.15, -0.1) is 0 Å². The number of carbonyl (C=O) groups is 2. The molecule has 0 aromatic heterocycles. The van der Waals surface area contributed by atoms with Gasteiger partial charge in [0, 0.05) is 0 Å². The summed E-state index contributed by atoms with van der Waals surface area (Å²) in [6.07, 6.45) is 0. The summed E-state index contributed by atoms with van der Waals surface area (Å²) in [4.78, 5) is 24.2. The second-order valence-corrected chi connectivity index (χ2v) is 8.33. The van der Waals surface area contributed by atoms with Gasteiger partial charge >= 0.3 is 5.97 Å². The molecule has 2 aromatic carbocycles. The number of hydrogen-bond acceptors (Lipinski definition) is 5. The lowest BCUT2D eigenvalue weighted by molar-refractivity contribution is -0.124. The van der Waals surface area contributed by atoms with Crippen LogP contribution in [0, 0.1) is 13.8 Å². The molecule has 1 atom stereocenters. The Bertz CT molecular complexity index is 986. The van der Waals surface area contributed by atoms with Gasteiger partial charge in [-0.25, -0.2) is 17.9 Å². The van der Waals surface area contributed by atoms with Gasteiger partial charge in [-0.2, -0.15) is 0 Å². The molecule has 2 aromatic rings. The molecule has 0 saturated carbocycles. The van der Waals surface area contributed by atoms with Crippen LogP contribution in [-0.4, -0.2) is 33.9 Å². The molecule has 150 valence electrons. The SMILES string of the molecule is CNS(=O)(=O)c1cccc(C(=O)OCC(=O)NC(C)c2ccc(C)c(C)c2)c1. The first-order chi connectivity index (χ1) is 13.1. The lowest BCUT2D eigenvalue weighted by Crippen LogP contribution is -2.31. The Labute approximate surface area is 165 Å². The van der Waals surface area contributed by atoms with Crippen molar-refractivity contribution >= 4 is 21.9 Å². The average Bonchev–Trinajstić information content (AvgIpc) is 2.68. The van der Waals surface area contributed by atoms with Gasteiger partial charge in [0.1, 0.15) is 0 Å². The summed E-state index contributed by atoms with van der Waals surface area (Å²) >= 11 is 0. The maximum Gasteiger partial charge on any atom is 0.338 e. The Morgan fingerprint density at radius 3 is 2.43 bits per heavy atom. The van der Waals surface area contributed by atoms with E-state index in [1.165, 1.54) is 36.9 Å². The largest absolute Gasteiger partial charge is 0.452 e. The third-order valence-corrected chi connectivity index (χ3v) is 5.80. The standard InChI is InChI=1S/C20H24N2O5S/c1-13-8-9-16(10-14(13)2)15(3)22-19(23)12-27-20(24)17-6-5-7-18(11-17)28(25,26)21-4/h5-11,15,21H,12H2,1-4H3,(H,22,23). The normalized spacial score (nSPS) is 12.3. The summed E-state index contributed by atoms with van der Waals surface area (Å²) in [5, 5.41) is 2.77. The molecule has 0 spiro atoms. The van der Waals surface area contributed by atoms with Gasteiger partial charge < -0.3 is 10.1 Å². The molecule has 0 saturated heterocycles. The third kappa shape index (κ3) is 5.40. The Hall–Kier alpha value is -2.71. The number of rotatable bonds is 7. The minimum atomic E-state index is -3.68. The number of nitrogens with one attached hydrogen (secondary N) is 2. The minimum Gasteiger partial charge on any atom is -0.452 e. The fraction of sp³-hybridized carbons (Fsp3) is 0.300. The molecule has 28 heavy (non-hydrogen) atoms. The van der Waals surface area contributed by atoms with E-state index < -0.39 is 28.5 Å². The fourth-order valence-electron chi connectivity index (χ4n) is 2.52. The first kappa shape index (κ1) is 21.6. The van der Waals surface area contributed by atoms with Gasteiger partial charge in [-0.05, 0) is 62.7 Å². The molecule has 1 amide bonds. The van der Waals surface area contributed by atoms with Crippen LogP contribution >= 0.6 is 0 Å². The lowest BCUT2D eigenvalue weighted by Gasteiger charge is -2.16. The zero-order chi connectivity index (χ0) is 20.9. The van der Waals surface area contributed by atoms with Gasteiger partial charge in [-0.1, -0.05) is 24.3 Å². The van der Waals surface area contributed by atoms with E-state index in [2.05, 4.69) is 10.0 Å². The fourth-order valence-corrected chi connectivity index (χ4v) is 3.30. The highest BCUT2D eigenvalue weighted by molar-refractivity contribution is 7.89. The summed E-state index contributed by atoms with van der Waals surface area (Å²) in [6.45, 7) is 5.39. The van der Waals surface area contributed by atoms with Crippen molar-refractivity contribution in [2.75, 3.05) is 13.7 Å². The van der Waals surface area contributed by atoms with E-state index >= 15 is 0 Å². The maximum absolute atomic E-state index is 12.1. The van der Waals surface area contributed by atoms with Crippen molar-refractivity contribution in [1.82, 2.24) is 10.0 Å². The number of benzene rings is 2. The van der Waals surface area contributed by atoms with Crippen molar-refractivity contribution in [3.05, 3.63) is 64.7 Å². The van der Waals surface area contributed by atoms with Crippen LogP contribution in [0.2, 0.25) is 0 Å². The van der Waals surface area contributed by atoms with Crippen molar-refractivity contribution < 1.29 is 22.7 Å². The topological polar surface area (TPSA) is 102 Å². The van der Waals surface area contributed by atoms with Crippen LogP contribution in [0.1, 0.15) is 40.0 Å². The molecule has 0 radical (unpaired) electrons. The number of sulfonamides is 1. The highest BCUT2D eigenvalue weighted by Gasteiger charge is 2.17. The van der Waals surface area contributed by atoms with E-state index in [9.17, 15) is 18.0 Å². The number of esters is 1. The first-order valence-corrected chi connectivity index (χ1v) is 10.2. The Morgan fingerprint density at radius 1 is 1.07 bits per heavy atom. The van der Waals surface area contributed by atoms with Gasteiger partial charge in [0.05, 0.1) is 16.5 Å². The molecular formula is C20H24N2O5S. The van der Waals surface area contributed by atoms with E-state index in [4.69, 9.17) is 4.74 Å². The number of amides is 1. The quantitative estimate of drug-likeness (QED) is 0.689. The molecule has 0 bridgehead atoms. The van der Waals surface area contributed by atoms with Gasteiger partial charge in [0.25, 0.3) is 5.91 Å². The first-order valence-electron chi connectivity index (χ1n) is 8.71. The summed E-state index contributed by atoms with van der Waals surface area (Å²) in [6, 6.07) is 11.1. The number of ether oxygens (including phenoxy) is 1. The highest BCUT2D eigenvalue weighted by Crippen LogP contribution is 2.17. The van der Waals surface area contributed by atoms with Crippen LogP contribution < -0.4 is 10.0 Å². The van der Waals surface area contributed by atoms with Crippen LogP contribution in [0.3, 0.4) is 0 Å². The molecule has 0 aliphatic heterocycles. The third-order valence-electron chi connectivity index (χ3n) is 4.39. The summed E-state index contributed by atoms with van der Waals surface area (Å²) < 4.78 is 30.8. The van der Waals surface area contributed by atoms with Crippen molar-refractivity contribution in [3.63, 3.8) is 0 Å². The van der Waals surface area contributed by atoms with E-state index in [1.54, 1.807) is 0 Å². The second-order valence-electron chi connectivity index (χ2n) is 6.44. The van der Waals surface area contributed by atoms with Gasteiger partial charge in [0.2, 0.25) is 10.0 Å². The van der Waals surface area contributed by atoms with Crippen molar-refractivity contribution in [3.8, 4) is 0 Å². The summed E-state index contributed by atoms with van der Waals surface area (Å²) in [5.74, 6) is -1.22. The van der Waals surface area contributed by atoms with Crippen LogP contribution in [0.5, 0.6) is 0 Å². The minimum absolute atomic E-state index is 0.0475. The molecule has 7 nitrogen and oxygen atoms in total. The molecular weight excluding hydrogens is 380 g/mol. The van der Waals surface area contributed by atoms with E-state index in [1.807, 2.05) is 39.0 Å². The monoisotopic (exact) mass is 404 g/mol. The van der Waals surface area contributed by atoms with Gasteiger partial charge in [0.15, 0.2) is 6.61 Å². The summed E-state index contributed by atoms with van der Waals surface area (Å²) in [5.41, 5.74) is 3.29. The van der Waals surface area contributed by atoms with E-state index in [0.29, 0.717) is 0 Å². The molecule has 0 fully saturated rings. The highest BCUT2D eigenvalue weighted by atomic mass is 32.2. The van der Waals surface area contributed by atoms with Crippen molar-refractivity contribution in [2.24, 2.45) is 0 Å². The van der Waals surface area contributed by atoms with Crippen LogP contribution in [-0.2, 0) is 19.6 Å². The molecule has 2 rings (SSSR count). The molecule has 1 unspecified atom stereocenters. The van der Waals surface area contributed by atoms with Gasteiger partial charge in [-0.3, -0.25) is 4.79 Å². The lowest BCUT2D eigenvalue weighted by atomic mass is 10.0. The molecule has 2 N–H and O–H groups in total. The van der Waals surface area contributed by atoms with Crippen molar-refractivity contribution in [1.29, 1.82) is 0 Å². The van der Waals surface area contributed by atoms with E-state index in [-0.39, 0.29) is 16.5 Å². The Morgan fingerprint density at radius 2 is 1.79 bits per heavy atom. The summed E-state index contributed by atoms with van der Waals surface area (Å²) in [7, 11) is -2.40. The smallest absolute Gasteiger partial charge is 0.338 e. The Balaban J connectivity index is 1.96. The molecule has 8 heteroatoms. The predicted molar refractivity (Wildman–Crippen MR) is 105 cm³/mol. The Kier molecular flexibility index (Phi) is 6.93. The number of carbonyl (C=O) groups excluding carboxylic acids is 2. The van der Waals surface area contributed by atoms with Crippen molar-refractivity contribution in [2.45, 2.75) is 31.7 Å². The van der Waals surface area contributed by atoms with Crippen LogP contribution in [0.4, 0.5) is 0 Å². The predicted octanol–water partition coefficient (Wildman–Crippen LogP) is 2.25. The average molecular weight is 404 g/mol. The van der Waals surface area contributed by atoms with Crippen LogP contribution in [0.15, 0.2) is 47.4 Å². The number of hydrogen-bond donors (Lipinski definition) is 2. The molecule has 0 aliphatic carbocycles. The maximum atomic E-state index is 12.1.